The number of nitrogens with two attached hydrogens (primary N) is 1. The van der Waals surface area contributed by atoms with Gasteiger partial charge in [-0.3, -0.25) is 9.80 Å². The van der Waals surface area contributed by atoms with Gasteiger partial charge in [-0.05, 0) is 29.0 Å². The molecule has 1 unspecified atom stereocenters. The maximum Gasteiger partial charge on any atom is 0.149 e. The summed E-state index contributed by atoms with van der Waals surface area (Å²) in [5.41, 5.74) is 7.18. The molecule has 3 aliphatic rings. The highest BCUT2D eigenvalue weighted by Crippen LogP contribution is 2.28. The summed E-state index contributed by atoms with van der Waals surface area (Å²) in [6.07, 6.45) is 2.07. The van der Waals surface area contributed by atoms with Crippen molar-refractivity contribution in [2.45, 2.75) is 25.8 Å². The van der Waals surface area contributed by atoms with Crippen LogP contribution in [0.3, 0.4) is 0 Å². The van der Waals surface area contributed by atoms with Crippen LogP contribution in [0.4, 0.5) is 5.82 Å². The molecule has 4 heterocycles. The highest BCUT2D eigenvalue weighted by atomic mass is 127. The van der Waals surface area contributed by atoms with E-state index in [9.17, 15) is 0 Å². The van der Waals surface area contributed by atoms with Gasteiger partial charge in [-0.1, -0.05) is 13.3 Å². The molecule has 1 aromatic heterocycles. The fourth-order valence-corrected chi connectivity index (χ4v) is 3.46. The zero-order valence-electron chi connectivity index (χ0n) is 11.3. The van der Waals surface area contributed by atoms with Crippen LogP contribution < -0.4 is 5.73 Å². The Morgan fingerprint density at radius 1 is 1.26 bits per heavy atom. The minimum Gasteiger partial charge on any atom is -0.383 e. The Kier molecular flexibility index (Phi) is 3.91. The van der Waals surface area contributed by atoms with Crippen molar-refractivity contribution >= 4 is 28.4 Å². The van der Waals surface area contributed by atoms with Crippen molar-refractivity contribution in [3.8, 4) is 0 Å². The standard InChI is InChI=1S/C13H20IN5/c1-2-3-9-11(14)12(15)17-13(16-9)10-8-18-4-6-19(10)7-5-18/h10H,2-8H2,1H3,(H2,15,16,17). The predicted molar refractivity (Wildman–Crippen MR) is 83.9 cm³/mol. The van der Waals surface area contributed by atoms with Crippen LogP contribution >= 0.6 is 22.6 Å². The van der Waals surface area contributed by atoms with Gasteiger partial charge in [0.15, 0.2) is 0 Å². The lowest BCUT2D eigenvalue weighted by Gasteiger charge is -2.46. The molecule has 0 saturated carbocycles. The number of nitrogen functional groups attached to an aromatic ring is 1. The van der Waals surface area contributed by atoms with E-state index in [4.69, 9.17) is 10.7 Å². The molecule has 1 atom stereocenters. The Balaban J connectivity index is 1.92. The Hall–Kier alpha value is -0.470. The molecule has 6 heteroatoms. The highest BCUT2D eigenvalue weighted by molar-refractivity contribution is 14.1. The summed E-state index contributed by atoms with van der Waals surface area (Å²) in [4.78, 5) is 14.3. The first-order chi connectivity index (χ1) is 9.19. The lowest BCUT2D eigenvalue weighted by Crippen LogP contribution is -2.57. The first kappa shape index (κ1) is 13.5. The molecular weight excluding hydrogens is 353 g/mol. The van der Waals surface area contributed by atoms with E-state index in [1.54, 1.807) is 0 Å². The molecule has 3 fully saturated rings. The van der Waals surface area contributed by atoms with Crippen molar-refractivity contribution in [3.05, 3.63) is 15.1 Å². The molecule has 0 amide bonds. The largest absolute Gasteiger partial charge is 0.383 e. The number of hydrogen-bond donors (Lipinski definition) is 1. The summed E-state index contributed by atoms with van der Waals surface area (Å²) < 4.78 is 1.03. The van der Waals surface area contributed by atoms with Crippen LogP contribution in [-0.2, 0) is 6.42 Å². The summed E-state index contributed by atoms with van der Waals surface area (Å²) in [6.45, 7) is 7.83. The van der Waals surface area contributed by atoms with Crippen LogP contribution in [0, 0.1) is 3.57 Å². The number of aryl methyl sites for hydroxylation is 1. The third-order valence-corrected chi connectivity index (χ3v) is 5.20. The number of aromatic nitrogens is 2. The average Bonchev–Trinajstić information content (AvgIpc) is 2.45. The molecule has 104 valence electrons. The van der Waals surface area contributed by atoms with Crippen molar-refractivity contribution in [1.29, 1.82) is 0 Å². The lowest BCUT2D eigenvalue weighted by molar-refractivity contribution is 0.00861. The maximum atomic E-state index is 6.07. The number of rotatable bonds is 3. The third-order valence-electron chi connectivity index (χ3n) is 4.03. The van der Waals surface area contributed by atoms with Crippen molar-refractivity contribution < 1.29 is 0 Å². The van der Waals surface area contributed by atoms with Gasteiger partial charge in [-0.2, -0.15) is 0 Å². The Bertz CT molecular complexity index is 470. The summed E-state index contributed by atoms with van der Waals surface area (Å²) in [5, 5.41) is 0. The van der Waals surface area contributed by atoms with Gasteiger partial charge in [0.25, 0.3) is 0 Å². The molecule has 0 aliphatic carbocycles. The van der Waals surface area contributed by atoms with Crippen molar-refractivity contribution in [1.82, 2.24) is 19.8 Å². The molecule has 19 heavy (non-hydrogen) atoms. The maximum absolute atomic E-state index is 6.07. The van der Waals surface area contributed by atoms with E-state index < -0.39 is 0 Å². The molecule has 0 aromatic carbocycles. The molecule has 4 rings (SSSR count). The van der Waals surface area contributed by atoms with Crippen molar-refractivity contribution in [2.75, 3.05) is 38.5 Å². The molecule has 2 N–H and O–H groups in total. The molecule has 0 radical (unpaired) electrons. The van der Waals surface area contributed by atoms with Crippen molar-refractivity contribution in [2.24, 2.45) is 0 Å². The second-order valence-corrected chi connectivity index (χ2v) is 6.41. The molecule has 1 aromatic rings. The molecular formula is C13H20IN5. The number of hydrogen-bond acceptors (Lipinski definition) is 5. The van der Waals surface area contributed by atoms with E-state index >= 15 is 0 Å². The van der Waals surface area contributed by atoms with Gasteiger partial charge in [0, 0.05) is 32.7 Å². The van der Waals surface area contributed by atoms with E-state index in [1.807, 2.05) is 0 Å². The van der Waals surface area contributed by atoms with E-state index in [2.05, 4.69) is 44.3 Å². The van der Waals surface area contributed by atoms with E-state index in [0.717, 1.165) is 47.6 Å². The fraction of sp³-hybridized carbons (Fsp3) is 0.692. The quantitative estimate of drug-likeness (QED) is 0.810. The van der Waals surface area contributed by atoms with Crippen LogP contribution in [0.25, 0.3) is 0 Å². The van der Waals surface area contributed by atoms with Gasteiger partial charge in [0.1, 0.15) is 11.6 Å². The lowest BCUT2D eigenvalue weighted by atomic mass is 10.1. The number of halogens is 1. The Morgan fingerprint density at radius 2 is 2.00 bits per heavy atom. The zero-order chi connectivity index (χ0) is 13.4. The molecule has 0 spiro atoms. The van der Waals surface area contributed by atoms with E-state index in [0.29, 0.717) is 11.9 Å². The zero-order valence-corrected chi connectivity index (χ0v) is 13.4. The van der Waals surface area contributed by atoms with Crippen molar-refractivity contribution in [3.63, 3.8) is 0 Å². The second-order valence-electron chi connectivity index (χ2n) is 5.33. The van der Waals surface area contributed by atoms with Gasteiger partial charge in [-0.15, -0.1) is 0 Å². The Labute approximate surface area is 127 Å². The highest BCUT2D eigenvalue weighted by Gasteiger charge is 2.34. The van der Waals surface area contributed by atoms with Crippen LogP contribution in [0.1, 0.15) is 30.9 Å². The minimum absolute atomic E-state index is 0.331. The summed E-state index contributed by atoms with van der Waals surface area (Å²) >= 11 is 2.27. The van der Waals surface area contributed by atoms with Crippen LogP contribution in [-0.4, -0.2) is 52.5 Å². The smallest absolute Gasteiger partial charge is 0.149 e. The first-order valence-corrected chi connectivity index (χ1v) is 8.05. The van der Waals surface area contributed by atoms with Crippen LogP contribution in [0.15, 0.2) is 0 Å². The van der Waals surface area contributed by atoms with E-state index in [1.165, 1.54) is 13.1 Å². The summed E-state index contributed by atoms with van der Waals surface area (Å²) in [5.74, 6) is 1.57. The van der Waals surface area contributed by atoms with E-state index in [-0.39, 0.29) is 0 Å². The van der Waals surface area contributed by atoms with Gasteiger partial charge in [0.2, 0.25) is 0 Å². The SMILES string of the molecule is CCCc1nc(C2CN3CCN2CC3)nc(N)c1I. The normalized spacial score (nSPS) is 29.7. The second kappa shape index (κ2) is 5.49. The van der Waals surface area contributed by atoms with Gasteiger partial charge >= 0.3 is 0 Å². The molecule has 2 bridgehead atoms. The number of fused-ring (bicyclic) bond motifs is 3. The molecule has 3 saturated heterocycles. The summed E-state index contributed by atoms with van der Waals surface area (Å²) in [7, 11) is 0. The average molecular weight is 373 g/mol. The number of nitrogens with zero attached hydrogens (tertiary/aromatic N) is 4. The van der Waals surface area contributed by atoms with Gasteiger partial charge < -0.3 is 5.73 Å². The monoisotopic (exact) mass is 373 g/mol. The topological polar surface area (TPSA) is 58.3 Å². The summed E-state index contributed by atoms with van der Waals surface area (Å²) in [6, 6.07) is 0.331. The van der Waals surface area contributed by atoms with Gasteiger partial charge in [-0.25, -0.2) is 9.97 Å². The minimum atomic E-state index is 0.331. The molecule has 3 aliphatic heterocycles. The molecule has 5 nitrogen and oxygen atoms in total. The number of piperazine rings is 3. The Morgan fingerprint density at radius 3 is 2.58 bits per heavy atom. The number of anilines is 1. The third kappa shape index (κ3) is 2.57. The first-order valence-electron chi connectivity index (χ1n) is 6.97. The van der Waals surface area contributed by atoms with Crippen LogP contribution in [0.2, 0.25) is 0 Å². The fourth-order valence-electron chi connectivity index (χ4n) is 2.95. The van der Waals surface area contributed by atoms with Gasteiger partial charge in [0.05, 0.1) is 15.3 Å². The van der Waals surface area contributed by atoms with Crippen LogP contribution in [0.5, 0.6) is 0 Å². The predicted octanol–water partition coefficient (Wildman–Crippen LogP) is 1.29.